The molecule has 1 aliphatic rings. The lowest BCUT2D eigenvalue weighted by Crippen LogP contribution is -2.24. The van der Waals surface area contributed by atoms with Gasteiger partial charge in [-0.3, -0.25) is 14.9 Å². The minimum Gasteiger partial charge on any atom is -0.497 e. The summed E-state index contributed by atoms with van der Waals surface area (Å²) in [4.78, 5) is 26.5. The molecule has 9 nitrogen and oxygen atoms in total. The standard InChI is InChI=1S/C21H20N4O5S2/c1-30-16-9-7-15(8-10-16)25-12-14(11-19(25)27)20-23-24-21(31-20)22-18(26)13-32(28,29)17-5-3-2-4-6-17/h2-10,14H,11-13H2,1H3,(H,22,24,26). The number of methoxy groups -OCH3 is 1. The molecule has 3 aromatic rings. The summed E-state index contributed by atoms with van der Waals surface area (Å²) in [7, 11) is -2.18. The lowest BCUT2D eigenvalue weighted by molar-refractivity contribution is -0.117. The Balaban J connectivity index is 1.39. The molecule has 0 saturated carbocycles. The highest BCUT2D eigenvalue weighted by molar-refractivity contribution is 7.92. The zero-order valence-electron chi connectivity index (χ0n) is 17.1. The lowest BCUT2D eigenvalue weighted by atomic mass is 10.1. The van der Waals surface area contributed by atoms with Gasteiger partial charge >= 0.3 is 0 Å². The first-order valence-electron chi connectivity index (χ1n) is 9.71. The van der Waals surface area contributed by atoms with Crippen LogP contribution in [0.25, 0.3) is 0 Å². The van der Waals surface area contributed by atoms with E-state index in [1.54, 1.807) is 42.3 Å². The van der Waals surface area contributed by atoms with Crippen molar-refractivity contribution < 1.29 is 22.7 Å². The Hall–Kier alpha value is -3.31. The second-order valence-electron chi connectivity index (χ2n) is 7.17. The van der Waals surface area contributed by atoms with E-state index in [0.29, 0.717) is 17.3 Å². The fourth-order valence-corrected chi connectivity index (χ4v) is 5.38. The van der Waals surface area contributed by atoms with Crippen molar-refractivity contribution in [1.29, 1.82) is 0 Å². The number of nitrogens with one attached hydrogen (secondary N) is 1. The zero-order valence-corrected chi connectivity index (χ0v) is 18.7. The highest BCUT2D eigenvalue weighted by Crippen LogP contribution is 2.34. The molecule has 0 bridgehead atoms. The van der Waals surface area contributed by atoms with Crippen LogP contribution in [-0.4, -0.2) is 49.8 Å². The van der Waals surface area contributed by atoms with Gasteiger partial charge in [0.05, 0.1) is 12.0 Å². The van der Waals surface area contributed by atoms with Crippen molar-refractivity contribution in [2.24, 2.45) is 0 Å². The first-order valence-corrected chi connectivity index (χ1v) is 12.2. The van der Waals surface area contributed by atoms with Crippen LogP contribution >= 0.6 is 11.3 Å². The van der Waals surface area contributed by atoms with E-state index < -0.39 is 21.5 Å². The largest absolute Gasteiger partial charge is 0.497 e. The average molecular weight is 473 g/mol. The number of rotatable bonds is 7. The van der Waals surface area contributed by atoms with Crippen molar-refractivity contribution in [3.63, 3.8) is 0 Å². The molecule has 0 aliphatic carbocycles. The van der Waals surface area contributed by atoms with E-state index in [-0.39, 0.29) is 28.3 Å². The minimum absolute atomic E-state index is 0.0325. The minimum atomic E-state index is -3.75. The monoisotopic (exact) mass is 472 g/mol. The van der Waals surface area contributed by atoms with Crippen LogP contribution in [0.1, 0.15) is 17.3 Å². The maximum absolute atomic E-state index is 12.5. The first kappa shape index (κ1) is 21.9. The van der Waals surface area contributed by atoms with Crippen LogP contribution in [0.4, 0.5) is 10.8 Å². The Morgan fingerprint density at radius 3 is 2.56 bits per heavy atom. The van der Waals surface area contributed by atoms with E-state index in [1.165, 1.54) is 12.1 Å². The maximum atomic E-state index is 12.5. The normalized spacial score (nSPS) is 16.2. The fourth-order valence-electron chi connectivity index (χ4n) is 3.37. The second kappa shape index (κ2) is 9.05. The Labute approximate surface area is 189 Å². The summed E-state index contributed by atoms with van der Waals surface area (Å²) in [6.07, 6.45) is 0.275. The molecule has 1 saturated heterocycles. The van der Waals surface area contributed by atoms with E-state index in [4.69, 9.17) is 4.74 Å². The molecule has 1 atom stereocenters. The van der Waals surface area contributed by atoms with Gasteiger partial charge in [0.2, 0.25) is 16.9 Å². The molecule has 0 radical (unpaired) electrons. The molecular formula is C21H20N4O5S2. The zero-order chi connectivity index (χ0) is 22.7. The number of amides is 2. The topological polar surface area (TPSA) is 119 Å². The van der Waals surface area contributed by atoms with Crippen molar-refractivity contribution in [3.05, 3.63) is 59.6 Å². The smallest absolute Gasteiger partial charge is 0.241 e. The van der Waals surface area contributed by atoms with E-state index in [9.17, 15) is 18.0 Å². The number of carbonyl (C=O) groups excluding carboxylic acids is 2. The number of ether oxygens (including phenoxy) is 1. The molecule has 1 fully saturated rings. The quantitative estimate of drug-likeness (QED) is 0.561. The third-order valence-corrected chi connectivity index (χ3v) is 7.60. The highest BCUT2D eigenvalue weighted by Gasteiger charge is 2.34. The summed E-state index contributed by atoms with van der Waals surface area (Å²) in [5.74, 6) is -0.885. The number of hydrogen-bond acceptors (Lipinski definition) is 8. The maximum Gasteiger partial charge on any atom is 0.241 e. The third kappa shape index (κ3) is 4.78. The average Bonchev–Trinajstić information content (AvgIpc) is 3.40. The van der Waals surface area contributed by atoms with Gasteiger partial charge in [0.1, 0.15) is 16.5 Å². The van der Waals surface area contributed by atoms with Gasteiger partial charge in [0, 0.05) is 24.6 Å². The predicted octanol–water partition coefficient (Wildman–Crippen LogP) is 2.48. The van der Waals surface area contributed by atoms with Gasteiger partial charge in [0.25, 0.3) is 0 Å². The predicted molar refractivity (Wildman–Crippen MR) is 120 cm³/mol. The molecule has 1 aromatic heterocycles. The van der Waals surface area contributed by atoms with Gasteiger partial charge in [-0.25, -0.2) is 8.42 Å². The number of benzene rings is 2. The number of nitrogens with zero attached hydrogens (tertiary/aromatic N) is 3. The van der Waals surface area contributed by atoms with E-state index in [0.717, 1.165) is 17.0 Å². The van der Waals surface area contributed by atoms with Crippen LogP contribution in [-0.2, 0) is 19.4 Å². The Morgan fingerprint density at radius 2 is 1.88 bits per heavy atom. The van der Waals surface area contributed by atoms with Crippen LogP contribution in [0.3, 0.4) is 0 Å². The van der Waals surface area contributed by atoms with Gasteiger partial charge in [0.15, 0.2) is 9.84 Å². The molecule has 4 rings (SSSR count). The summed E-state index contributed by atoms with van der Waals surface area (Å²) >= 11 is 1.14. The van der Waals surface area contributed by atoms with Crippen molar-refractivity contribution in [3.8, 4) is 5.75 Å². The Morgan fingerprint density at radius 1 is 1.16 bits per heavy atom. The summed E-state index contributed by atoms with van der Waals surface area (Å²) in [6.45, 7) is 0.441. The lowest BCUT2D eigenvalue weighted by Gasteiger charge is -2.16. The van der Waals surface area contributed by atoms with Crippen molar-refractivity contribution in [1.82, 2.24) is 10.2 Å². The van der Waals surface area contributed by atoms with Crippen molar-refractivity contribution >= 4 is 43.8 Å². The summed E-state index contributed by atoms with van der Waals surface area (Å²) < 4.78 is 29.8. The summed E-state index contributed by atoms with van der Waals surface area (Å²) in [5, 5.41) is 11.3. The number of anilines is 2. The summed E-state index contributed by atoms with van der Waals surface area (Å²) in [6, 6.07) is 15.0. The molecule has 2 amide bonds. The molecule has 32 heavy (non-hydrogen) atoms. The summed E-state index contributed by atoms with van der Waals surface area (Å²) in [5.41, 5.74) is 0.766. The van der Waals surface area contributed by atoms with Gasteiger partial charge < -0.3 is 9.64 Å². The van der Waals surface area contributed by atoms with Gasteiger partial charge in [-0.2, -0.15) is 0 Å². The van der Waals surface area contributed by atoms with Crippen LogP contribution in [0.2, 0.25) is 0 Å². The van der Waals surface area contributed by atoms with Crippen LogP contribution in [0.15, 0.2) is 59.5 Å². The van der Waals surface area contributed by atoms with Crippen LogP contribution < -0.4 is 15.0 Å². The van der Waals surface area contributed by atoms with Crippen molar-refractivity contribution in [2.45, 2.75) is 17.2 Å². The highest BCUT2D eigenvalue weighted by atomic mass is 32.2. The van der Waals surface area contributed by atoms with Gasteiger partial charge in [-0.15, -0.1) is 10.2 Å². The van der Waals surface area contributed by atoms with Crippen molar-refractivity contribution in [2.75, 3.05) is 29.6 Å². The fraction of sp³-hybridized carbons (Fsp3) is 0.238. The molecule has 1 aliphatic heterocycles. The number of hydrogen-bond donors (Lipinski definition) is 1. The number of aromatic nitrogens is 2. The molecule has 1 unspecified atom stereocenters. The molecule has 0 spiro atoms. The molecular weight excluding hydrogens is 452 g/mol. The van der Waals surface area contributed by atoms with E-state index in [1.807, 2.05) is 12.1 Å². The first-order chi connectivity index (χ1) is 15.4. The van der Waals surface area contributed by atoms with Gasteiger partial charge in [-0.1, -0.05) is 29.5 Å². The number of sulfone groups is 1. The van der Waals surface area contributed by atoms with E-state index >= 15 is 0 Å². The van der Waals surface area contributed by atoms with Gasteiger partial charge in [-0.05, 0) is 36.4 Å². The SMILES string of the molecule is COc1ccc(N2CC(c3nnc(NC(=O)CS(=O)(=O)c4ccccc4)s3)CC2=O)cc1. The molecule has 2 heterocycles. The molecule has 11 heteroatoms. The molecule has 166 valence electrons. The Bertz CT molecular complexity index is 1230. The second-order valence-corrected chi connectivity index (χ2v) is 10.2. The Kier molecular flexibility index (Phi) is 6.19. The molecule has 2 aromatic carbocycles. The number of carbonyl (C=O) groups is 2. The molecule has 1 N–H and O–H groups in total. The van der Waals surface area contributed by atoms with Crippen LogP contribution in [0, 0.1) is 0 Å². The van der Waals surface area contributed by atoms with Crippen LogP contribution in [0.5, 0.6) is 5.75 Å². The van der Waals surface area contributed by atoms with E-state index in [2.05, 4.69) is 15.5 Å². The third-order valence-electron chi connectivity index (χ3n) is 4.97.